The number of aliphatic hydroxyl groups excluding tert-OH is 1. The lowest BCUT2D eigenvalue weighted by Gasteiger charge is -2.13. The highest BCUT2D eigenvalue weighted by molar-refractivity contribution is 5.97. The van der Waals surface area contributed by atoms with Gasteiger partial charge in [0, 0.05) is 12.6 Å². The van der Waals surface area contributed by atoms with E-state index >= 15 is 0 Å². The number of rotatable bonds is 7. The van der Waals surface area contributed by atoms with Gasteiger partial charge in [0.2, 0.25) is 0 Å². The summed E-state index contributed by atoms with van der Waals surface area (Å²) in [6.45, 7) is 2.22. The molecule has 0 spiro atoms. The molecule has 0 aromatic heterocycles. The Kier molecular flexibility index (Phi) is 6.15. The van der Waals surface area contributed by atoms with Gasteiger partial charge in [-0.05, 0) is 18.6 Å². The molecule has 0 fully saturated rings. The summed E-state index contributed by atoms with van der Waals surface area (Å²) in [5.74, 6) is 0.802. The van der Waals surface area contributed by atoms with Crippen molar-refractivity contribution in [2.45, 2.75) is 25.9 Å². The van der Waals surface area contributed by atoms with E-state index in [1.54, 1.807) is 25.3 Å². The van der Waals surface area contributed by atoms with Crippen LogP contribution in [-0.2, 0) is 0 Å². The summed E-state index contributed by atoms with van der Waals surface area (Å²) in [5.41, 5.74) is 0.423. The van der Waals surface area contributed by atoms with Gasteiger partial charge >= 0.3 is 0 Å². The summed E-state index contributed by atoms with van der Waals surface area (Å²) < 4.78 is 10.2. The van der Waals surface area contributed by atoms with Gasteiger partial charge < -0.3 is 19.9 Å². The van der Waals surface area contributed by atoms with Crippen LogP contribution in [0.3, 0.4) is 0 Å². The number of nitrogens with one attached hydrogen (secondary N) is 1. The number of methoxy groups -OCH3 is 2. The van der Waals surface area contributed by atoms with Crippen LogP contribution in [-0.4, -0.2) is 37.9 Å². The molecule has 0 saturated carbocycles. The third-order valence-corrected chi connectivity index (χ3v) is 2.77. The molecule has 0 saturated heterocycles. The summed E-state index contributed by atoms with van der Waals surface area (Å²) in [4.78, 5) is 12.0. The van der Waals surface area contributed by atoms with Crippen LogP contribution in [0, 0.1) is 0 Å². The molecule has 5 nitrogen and oxygen atoms in total. The smallest absolute Gasteiger partial charge is 0.255 e. The predicted molar refractivity (Wildman–Crippen MR) is 72.8 cm³/mol. The quantitative estimate of drug-likeness (QED) is 0.787. The topological polar surface area (TPSA) is 67.8 Å². The van der Waals surface area contributed by atoms with E-state index in [1.807, 2.05) is 6.92 Å². The average Bonchev–Trinajstić information content (AvgIpc) is 2.44. The van der Waals surface area contributed by atoms with Crippen molar-refractivity contribution in [3.63, 3.8) is 0 Å². The van der Waals surface area contributed by atoms with Crippen LogP contribution in [0.4, 0.5) is 0 Å². The molecule has 0 heterocycles. The van der Waals surface area contributed by atoms with Crippen molar-refractivity contribution in [3.8, 4) is 11.5 Å². The van der Waals surface area contributed by atoms with E-state index in [4.69, 9.17) is 9.47 Å². The molecular formula is C14H21NO4. The molecule has 1 amide bonds. The highest BCUT2D eigenvalue weighted by Crippen LogP contribution is 2.24. The first-order chi connectivity index (χ1) is 9.12. The maximum atomic E-state index is 12.0. The average molecular weight is 267 g/mol. The number of hydrogen-bond donors (Lipinski definition) is 2. The van der Waals surface area contributed by atoms with Gasteiger partial charge in [-0.3, -0.25) is 4.79 Å². The molecule has 1 unspecified atom stereocenters. The Morgan fingerprint density at radius 2 is 2.11 bits per heavy atom. The van der Waals surface area contributed by atoms with Crippen LogP contribution in [0.5, 0.6) is 11.5 Å². The Labute approximate surface area is 113 Å². The minimum Gasteiger partial charge on any atom is -0.497 e. The number of hydrogen-bond acceptors (Lipinski definition) is 4. The lowest BCUT2D eigenvalue weighted by atomic mass is 10.1. The number of ether oxygens (including phenoxy) is 2. The zero-order valence-corrected chi connectivity index (χ0v) is 11.6. The Balaban J connectivity index is 2.71. The SMILES string of the molecule is CCCC(O)CNC(=O)c1ccc(OC)cc1OC. The summed E-state index contributed by atoms with van der Waals surface area (Å²) in [6, 6.07) is 4.98. The van der Waals surface area contributed by atoms with Crippen molar-refractivity contribution in [1.29, 1.82) is 0 Å². The predicted octanol–water partition coefficient (Wildman–Crippen LogP) is 1.59. The van der Waals surface area contributed by atoms with Gasteiger partial charge in [0.25, 0.3) is 5.91 Å². The third-order valence-electron chi connectivity index (χ3n) is 2.77. The summed E-state index contributed by atoms with van der Waals surface area (Å²) in [6.07, 6.45) is 1.03. The number of aliphatic hydroxyl groups is 1. The van der Waals surface area contributed by atoms with Gasteiger partial charge in [0.1, 0.15) is 11.5 Å². The molecule has 1 atom stereocenters. The largest absolute Gasteiger partial charge is 0.497 e. The first-order valence-electron chi connectivity index (χ1n) is 6.30. The van der Waals surface area contributed by atoms with Crippen LogP contribution in [0.1, 0.15) is 30.1 Å². The van der Waals surface area contributed by atoms with Gasteiger partial charge in [-0.25, -0.2) is 0 Å². The van der Waals surface area contributed by atoms with Crippen molar-refractivity contribution in [3.05, 3.63) is 23.8 Å². The Bertz CT molecular complexity index is 420. The van der Waals surface area contributed by atoms with E-state index in [0.29, 0.717) is 23.5 Å². The Morgan fingerprint density at radius 3 is 2.68 bits per heavy atom. The second-order valence-electron chi connectivity index (χ2n) is 4.22. The van der Waals surface area contributed by atoms with Gasteiger partial charge in [-0.1, -0.05) is 13.3 Å². The van der Waals surface area contributed by atoms with Gasteiger partial charge in [-0.15, -0.1) is 0 Å². The van der Waals surface area contributed by atoms with Gasteiger partial charge in [-0.2, -0.15) is 0 Å². The highest BCUT2D eigenvalue weighted by atomic mass is 16.5. The minimum absolute atomic E-state index is 0.238. The molecule has 0 radical (unpaired) electrons. The Morgan fingerprint density at radius 1 is 1.37 bits per heavy atom. The maximum absolute atomic E-state index is 12.0. The summed E-state index contributed by atoms with van der Waals surface area (Å²) in [5, 5.41) is 12.3. The van der Waals surface area contributed by atoms with E-state index in [2.05, 4.69) is 5.32 Å². The first-order valence-corrected chi connectivity index (χ1v) is 6.30. The van der Waals surface area contributed by atoms with E-state index in [-0.39, 0.29) is 12.5 Å². The fraction of sp³-hybridized carbons (Fsp3) is 0.500. The van der Waals surface area contributed by atoms with Crippen molar-refractivity contribution in [2.75, 3.05) is 20.8 Å². The molecule has 106 valence electrons. The van der Waals surface area contributed by atoms with Crippen LogP contribution in [0.15, 0.2) is 18.2 Å². The molecule has 5 heteroatoms. The molecule has 1 aromatic carbocycles. The fourth-order valence-corrected chi connectivity index (χ4v) is 1.73. The van der Waals surface area contributed by atoms with Gasteiger partial charge in [0.15, 0.2) is 0 Å². The van der Waals surface area contributed by atoms with E-state index in [0.717, 1.165) is 6.42 Å². The number of carbonyl (C=O) groups excluding carboxylic acids is 1. The van der Waals surface area contributed by atoms with Crippen LogP contribution >= 0.6 is 0 Å². The molecule has 2 N–H and O–H groups in total. The molecule has 0 aliphatic carbocycles. The molecule has 0 aliphatic rings. The molecule has 0 bridgehead atoms. The van der Waals surface area contributed by atoms with E-state index in [9.17, 15) is 9.90 Å². The standard InChI is InChI=1S/C14H21NO4/c1-4-5-10(16)9-15-14(17)12-7-6-11(18-2)8-13(12)19-3/h6-8,10,16H,4-5,9H2,1-3H3,(H,15,17). The first kappa shape index (κ1) is 15.3. The molecule has 1 rings (SSSR count). The second-order valence-corrected chi connectivity index (χ2v) is 4.22. The van der Waals surface area contributed by atoms with Crippen molar-refractivity contribution < 1.29 is 19.4 Å². The van der Waals surface area contributed by atoms with Crippen molar-refractivity contribution in [1.82, 2.24) is 5.32 Å². The van der Waals surface area contributed by atoms with Crippen molar-refractivity contribution in [2.24, 2.45) is 0 Å². The zero-order valence-electron chi connectivity index (χ0n) is 11.6. The van der Waals surface area contributed by atoms with Crippen LogP contribution < -0.4 is 14.8 Å². The van der Waals surface area contributed by atoms with Crippen LogP contribution in [0.2, 0.25) is 0 Å². The molecule has 19 heavy (non-hydrogen) atoms. The number of amides is 1. The van der Waals surface area contributed by atoms with Crippen molar-refractivity contribution >= 4 is 5.91 Å². The second kappa shape index (κ2) is 7.63. The summed E-state index contributed by atoms with van der Waals surface area (Å²) in [7, 11) is 3.05. The Hall–Kier alpha value is -1.75. The lowest BCUT2D eigenvalue weighted by Crippen LogP contribution is -2.32. The maximum Gasteiger partial charge on any atom is 0.255 e. The van der Waals surface area contributed by atoms with Crippen LogP contribution in [0.25, 0.3) is 0 Å². The fourth-order valence-electron chi connectivity index (χ4n) is 1.73. The summed E-state index contributed by atoms with van der Waals surface area (Å²) >= 11 is 0. The highest BCUT2D eigenvalue weighted by Gasteiger charge is 2.14. The lowest BCUT2D eigenvalue weighted by molar-refractivity contribution is 0.0907. The minimum atomic E-state index is -0.516. The normalized spacial score (nSPS) is 11.8. The monoisotopic (exact) mass is 267 g/mol. The number of carbonyl (C=O) groups is 1. The van der Waals surface area contributed by atoms with E-state index in [1.165, 1.54) is 7.11 Å². The zero-order chi connectivity index (χ0) is 14.3. The van der Waals surface area contributed by atoms with Gasteiger partial charge in [0.05, 0.1) is 25.9 Å². The third kappa shape index (κ3) is 4.44. The van der Waals surface area contributed by atoms with E-state index < -0.39 is 6.10 Å². The molecule has 0 aliphatic heterocycles. The molecular weight excluding hydrogens is 246 g/mol. The molecule has 1 aromatic rings. The number of benzene rings is 1.